The van der Waals surface area contributed by atoms with E-state index in [1.54, 1.807) is 6.07 Å². The monoisotopic (exact) mass is 618 g/mol. The van der Waals surface area contributed by atoms with Crippen molar-refractivity contribution in [1.29, 1.82) is 0 Å². The van der Waals surface area contributed by atoms with Gasteiger partial charge in [0.25, 0.3) is 5.91 Å². The second kappa shape index (κ2) is 13.7. The summed E-state index contributed by atoms with van der Waals surface area (Å²) < 4.78 is 49.6. The van der Waals surface area contributed by atoms with Crippen LogP contribution in [0.4, 0.5) is 0 Å². The highest BCUT2D eigenvalue weighted by Gasteiger charge is 2.35. The number of aliphatic carboxylic acids is 1. The maximum Gasteiger partial charge on any atom is 0.326 e. The fourth-order valence-corrected chi connectivity index (χ4v) is 8.95. The van der Waals surface area contributed by atoms with Crippen molar-refractivity contribution in [3.05, 3.63) is 59.2 Å². The van der Waals surface area contributed by atoms with E-state index in [0.29, 0.717) is 31.6 Å². The molecule has 9 nitrogen and oxygen atoms in total. The van der Waals surface area contributed by atoms with Crippen LogP contribution in [0.25, 0.3) is 11.1 Å². The number of carbonyl (C=O) groups is 2. The van der Waals surface area contributed by atoms with Crippen molar-refractivity contribution in [2.75, 3.05) is 30.9 Å². The number of hydrogen-bond donors (Lipinski definition) is 2. The van der Waals surface area contributed by atoms with Gasteiger partial charge in [-0.2, -0.15) is 0 Å². The Morgan fingerprint density at radius 1 is 1.00 bits per heavy atom. The van der Waals surface area contributed by atoms with Gasteiger partial charge in [0.2, 0.25) is 0 Å². The Morgan fingerprint density at radius 3 is 2.38 bits per heavy atom. The Morgan fingerprint density at radius 2 is 1.71 bits per heavy atom. The third-order valence-electron chi connectivity index (χ3n) is 8.48. The van der Waals surface area contributed by atoms with Crippen LogP contribution in [0.5, 0.6) is 0 Å². The van der Waals surface area contributed by atoms with E-state index in [0.717, 1.165) is 48.6 Å². The molecule has 230 valence electrons. The van der Waals surface area contributed by atoms with Crippen molar-refractivity contribution in [3.63, 3.8) is 0 Å². The number of nitrogens with one attached hydrogen (secondary N) is 1. The van der Waals surface area contributed by atoms with Crippen molar-refractivity contribution < 1.29 is 31.5 Å². The minimum Gasteiger partial charge on any atom is -0.480 e. The number of carboxylic acids is 1. The van der Waals surface area contributed by atoms with Gasteiger partial charge in [0.05, 0.1) is 16.8 Å². The van der Waals surface area contributed by atoms with Gasteiger partial charge in [0.15, 0.2) is 9.84 Å². The lowest BCUT2D eigenvalue weighted by Gasteiger charge is -2.23. The fourth-order valence-electron chi connectivity index (χ4n) is 6.12. The van der Waals surface area contributed by atoms with Gasteiger partial charge in [-0.1, -0.05) is 49.6 Å². The van der Waals surface area contributed by atoms with Crippen LogP contribution < -0.4 is 5.32 Å². The number of carboxylic acid groups (broad SMARTS) is 1. The number of benzene rings is 2. The summed E-state index contributed by atoms with van der Waals surface area (Å²) in [7, 11) is -6.58. The molecule has 1 heterocycles. The van der Waals surface area contributed by atoms with E-state index in [1.807, 2.05) is 43.3 Å². The van der Waals surface area contributed by atoms with Gasteiger partial charge in [0, 0.05) is 24.9 Å². The van der Waals surface area contributed by atoms with Crippen molar-refractivity contribution in [3.8, 4) is 11.1 Å². The van der Waals surface area contributed by atoms with Gasteiger partial charge in [-0.3, -0.25) is 9.69 Å². The lowest BCUT2D eigenvalue weighted by Crippen LogP contribution is -2.42. The Hall–Kier alpha value is -2.76. The molecule has 2 aromatic carbocycles. The first kappa shape index (κ1) is 32.2. The van der Waals surface area contributed by atoms with Crippen molar-refractivity contribution in [2.24, 2.45) is 5.92 Å². The molecule has 1 aliphatic carbocycles. The quantitative estimate of drug-likeness (QED) is 0.366. The van der Waals surface area contributed by atoms with E-state index in [2.05, 4.69) is 10.2 Å². The van der Waals surface area contributed by atoms with Gasteiger partial charge in [-0.15, -0.1) is 0 Å². The van der Waals surface area contributed by atoms with Crippen molar-refractivity contribution >= 4 is 31.6 Å². The number of rotatable bonds is 12. The molecule has 0 radical (unpaired) electrons. The van der Waals surface area contributed by atoms with Crippen LogP contribution in [0.1, 0.15) is 66.4 Å². The Kier molecular flexibility index (Phi) is 10.5. The van der Waals surface area contributed by atoms with Gasteiger partial charge < -0.3 is 10.4 Å². The van der Waals surface area contributed by atoms with Crippen LogP contribution in [0.3, 0.4) is 0 Å². The Balaban J connectivity index is 1.52. The topological polar surface area (TPSA) is 138 Å². The zero-order chi connectivity index (χ0) is 30.5. The number of nitrogens with zero attached hydrogens (tertiary/aromatic N) is 1. The SMILES string of the molecule is Cc1ccccc1-c1cc(CN2CCC(S(=O)(=O)CC3CCCCC3)C2)ccc1C(=O)NC(CCS(C)(=O)=O)C(=O)O. The number of aryl methyl sites for hydroxylation is 1. The lowest BCUT2D eigenvalue weighted by molar-refractivity contribution is -0.139. The van der Waals surface area contributed by atoms with Crippen LogP contribution in [0.2, 0.25) is 0 Å². The third kappa shape index (κ3) is 8.64. The van der Waals surface area contributed by atoms with Gasteiger partial charge >= 0.3 is 5.97 Å². The standard InChI is InChI=1S/C31H42N2O7S2/c1-22-8-6-7-11-26(22)28-18-24(12-13-27(28)30(34)32-29(31(35)36)15-17-41(2,37)38)19-33-16-14-25(20-33)42(39,40)21-23-9-4-3-5-10-23/h6-8,11-13,18,23,25,29H,3-5,9-10,14-17,19-21H2,1-2H3,(H,32,34)(H,35,36). The largest absolute Gasteiger partial charge is 0.480 e. The molecule has 0 spiro atoms. The molecular formula is C31H42N2O7S2. The first-order valence-electron chi connectivity index (χ1n) is 14.7. The summed E-state index contributed by atoms with van der Waals surface area (Å²) in [5.41, 5.74) is 3.60. The van der Waals surface area contributed by atoms with Crippen LogP contribution in [0, 0.1) is 12.8 Å². The maximum atomic E-state index is 13.4. The average molecular weight is 619 g/mol. The molecule has 42 heavy (non-hydrogen) atoms. The molecule has 2 aromatic rings. The number of hydrogen-bond acceptors (Lipinski definition) is 7. The molecule has 2 N–H and O–H groups in total. The molecule has 0 bridgehead atoms. The highest BCUT2D eigenvalue weighted by atomic mass is 32.2. The molecule has 2 unspecified atom stereocenters. The first-order valence-corrected chi connectivity index (χ1v) is 18.4. The van der Waals surface area contributed by atoms with Crippen LogP contribution >= 0.6 is 0 Å². The summed E-state index contributed by atoms with van der Waals surface area (Å²) in [6.45, 7) is 3.62. The minimum absolute atomic E-state index is 0.239. The molecule has 2 fully saturated rings. The summed E-state index contributed by atoms with van der Waals surface area (Å²) >= 11 is 0. The normalized spacial score (nSPS) is 19.4. The molecule has 0 aromatic heterocycles. The van der Waals surface area contributed by atoms with Crippen LogP contribution in [0.15, 0.2) is 42.5 Å². The number of amides is 1. The first-order chi connectivity index (χ1) is 19.8. The summed E-state index contributed by atoms with van der Waals surface area (Å²) in [4.78, 5) is 27.3. The summed E-state index contributed by atoms with van der Waals surface area (Å²) in [5.74, 6) is -1.70. The highest BCUT2D eigenvalue weighted by molar-refractivity contribution is 7.92. The molecule has 1 saturated heterocycles. The van der Waals surface area contributed by atoms with Crippen LogP contribution in [-0.2, 0) is 31.0 Å². The van der Waals surface area contributed by atoms with Gasteiger partial charge in [0.1, 0.15) is 15.9 Å². The number of likely N-dealkylation sites (tertiary alicyclic amines) is 1. The second-order valence-corrected chi connectivity index (χ2v) is 16.5. The maximum absolute atomic E-state index is 13.4. The molecule has 11 heteroatoms. The summed E-state index contributed by atoms with van der Waals surface area (Å²) in [6.07, 6.45) is 6.84. The minimum atomic E-state index is -3.41. The Bertz CT molecular complexity index is 1500. The van der Waals surface area contributed by atoms with E-state index < -0.39 is 37.6 Å². The summed E-state index contributed by atoms with van der Waals surface area (Å²) in [5, 5.41) is 11.8. The number of sulfone groups is 2. The molecule has 1 saturated carbocycles. The van der Waals surface area contributed by atoms with Gasteiger partial charge in [-0.05, 0) is 79.5 Å². The summed E-state index contributed by atoms with van der Waals surface area (Å²) in [6, 6.07) is 11.6. The fraction of sp³-hybridized carbons (Fsp3) is 0.548. The molecule has 2 atom stereocenters. The van der Waals surface area contributed by atoms with E-state index in [1.165, 1.54) is 6.42 Å². The number of carbonyl (C=O) groups excluding carboxylic acids is 1. The van der Waals surface area contributed by atoms with E-state index in [-0.39, 0.29) is 34.7 Å². The van der Waals surface area contributed by atoms with Crippen LogP contribution in [-0.4, -0.2) is 80.9 Å². The lowest BCUT2D eigenvalue weighted by atomic mass is 9.91. The van der Waals surface area contributed by atoms with E-state index in [4.69, 9.17) is 0 Å². The van der Waals surface area contributed by atoms with Gasteiger partial charge in [-0.25, -0.2) is 21.6 Å². The zero-order valence-electron chi connectivity index (χ0n) is 24.4. The molecular weight excluding hydrogens is 576 g/mol. The van der Waals surface area contributed by atoms with E-state index >= 15 is 0 Å². The highest BCUT2D eigenvalue weighted by Crippen LogP contribution is 2.31. The molecule has 1 aliphatic heterocycles. The van der Waals surface area contributed by atoms with E-state index in [9.17, 15) is 31.5 Å². The smallest absolute Gasteiger partial charge is 0.326 e. The average Bonchev–Trinajstić information content (AvgIpc) is 3.40. The molecule has 2 aliphatic rings. The second-order valence-electron chi connectivity index (χ2n) is 12.0. The predicted octanol–water partition coefficient (Wildman–Crippen LogP) is 3.85. The molecule has 1 amide bonds. The van der Waals surface area contributed by atoms with Crippen molar-refractivity contribution in [1.82, 2.24) is 10.2 Å². The Labute approximate surface area is 249 Å². The third-order valence-corrected chi connectivity index (χ3v) is 11.8. The zero-order valence-corrected chi connectivity index (χ0v) is 26.1. The molecule has 4 rings (SSSR count). The van der Waals surface area contributed by atoms with Crippen molar-refractivity contribution in [2.45, 2.75) is 69.7 Å². The predicted molar refractivity (Wildman–Crippen MR) is 164 cm³/mol.